The highest BCUT2D eigenvalue weighted by molar-refractivity contribution is 5.91. The third kappa shape index (κ3) is 4.10. The van der Waals surface area contributed by atoms with E-state index in [9.17, 15) is 13.6 Å². The Kier molecular flexibility index (Phi) is 5.00. The van der Waals surface area contributed by atoms with Gasteiger partial charge in [-0.15, -0.1) is 0 Å². The number of amides is 1. The lowest BCUT2D eigenvalue weighted by Crippen LogP contribution is -2.86. The molecule has 21 heavy (non-hydrogen) atoms. The SMILES string of the molecule is C[C@H]([NH2+]CC(=O)Nc1c(F)cccc1F)c1ccccc1. The largest absolute Gasteiger partial charge is 0.333 e. The number of hydrogen-bond donors (Lipinski definition) is 2. The van der Waals surface area contributed by atoms with Gasteiger partial charge in [-0.3, -0.25) is 4.79 Å². The molecule has 1 atom stereocenters. The lowest BCUT2D eigenvalue weighted by molar-refractivity contribution is -0.682. The van der Waals surface area contributed by atoms with Gasteiger partial charge in [-0.25, -0.2) is 8.78 Å². The lowest BCUT2D eigenvalue weighted by Gasteiger charge is -2.11. The van der Waals surface area contributed by atoms with Crippen molar-refractivity contribution >= 4 is 11.6 Å². The Hall–Kier alpha value is -2.27. The van der Waals surface area contributed by atoms with Crippen LogP contribution in [0.5, 0.6) is 0 Å². The molecule has 3 nitrogen and oxygen atoms in total. The summed E-state index contributed by atoms with van der Waals surface area (Å²) in [7, 11) is 0. The molecular weight excluding hydrogens is 274 g/mol. The van der Waals surface area contributed by atoms with Gasteiger partial charge in [0.2, 0.25) is 0 Å². The molecule has 2 rings (SSSR count). The van der Waals surface area contributed by atoms with Gasteiger partial charge in [0, 0.05) is 5.56 Å². The molecular formula is C16H17F2N2O+. The zero-order valence-corrected chi connectivity index (χ0v) is 11.6. The van der Waals surface area contributed by atoms with E-state index in [1.807, 2.05) is 42.6 Å². The lowest BCUT2D eigenvalue weighted by atomic mass is 10.1. The molecule has 0 saturated heterocycles. The summed E-state index contributed by atoms with van der Waals surface area (Å²) in [5.74, 6) is -2.00. The van der Waals surface area contributed by atoms with E-state index in [0.29, 0.717) is 0 Å². The highest BCUT2D eigenvalue weighted by Crippen LogP contribution is 2.17. The maximum Gasteiger partial charge on any atom is 0.279 e. The molecule has 0 aromatic heterocycles. The average molecular weight is 291 g/mol. The van der Waals surface area contributed by atoms with Gasteiger partial charge in [0.05, 0.1) is 0 Å². The molecule has 3 N–H and O–H groups in total. The predicted molar refractivity (Wildman–Crippen MR) is 76.6 cm³/mol. The first-order chi connectivity index (χ1) is 10.1. The van der Waals surface area contributed by atoms with Crippen LogP contribution in [0.15, 0.2) is 48.5 Å². The number of nitrogens with two attached hydrogens (primary N) is 1. The van der Waals surface area contributed by atoms with Crippen molar-refractivity contribution in [3.63, 3.8) is 0 Å². The first kappa shape index (κ1) is 15.1. The van der Waals surface area contributed by atoms with E-state index in [1.165, 1.54) is 6.07 Å². The standard InChI is InChI=1S/C16H16F2N2O/c1-11(12-6-3-2-4-7-12)19-10-15(21)20-16-13(17)8-5-9-14(16)18/h2-9,11,19H,10H2,1H3,(H,20,21)/p+1/t11-/m0/s1. The van der Waals surface area contributed by atoms with E-state index in [2.05, 4.69) is 5.32 Å². The monoisotopic (exact) mass is 291 g/mol. The van der Waals surface area contributed by atoms with Gasteiger partial charge in [-0.2, -0.15) is 0 Å². The van der Waals surface area contributed by atoms with Crippen LogP contribution >= 0.6 is 0 Å². The Labute approximate surface area is 122 Å². The normalized spacial score (nSPS) is 12.0. The first-order valence-electron chi connectivity index (χ1n) is 6.70. The zero-order chi connectivity index (χ0) is 15.2. The summed E-state index contributed by atoms with van der Waals surface area (Å²) < 4.78 is 26.8. The molecule has 0 aliphatic rings. The van der Waals surface area contributed by atoms with Gasteiger partial charge in [0.25, 0.3) is 5.91 Å². The molecule has 2 aromatic rings. The third-order valence-corrected chi connectivity index (χ3v) is 3.21. The number of carbonyl (C=O) groups is 1. The van der Waals surface area contributed by atoms with E-state index in [4.69, 9.17) is 0 Å². The van der Waals surface area contributed by atoms with Crippen molar-refractivity contribution in [1.29, 1.82) is 0 Å². The van der Waals surface area contributed by atoms with Crippen molar-refractivity contribution in [2.45, 2.75) is 13.0 Å². The Morgan fingerprint density at radius 3 is 2.33 bits per heavy atom. The molecule has 0 saturated carbocycles. The predicted octanol–water partition coefficient (Wildman–Crippen LogP) is 2.23. The fraction of sp³-hybridized carbons (Fsp3) is 0.188. The molecule has 2 aromatic carbocycles. The molecule has 110 valence electrons. The number of hydrogen-bond acceptors (Lipinski definition) is 1. The van der Waals surface area contributed by atoms with Crippen molar-refractivity contribution in [3.05, 3.63) is 65.7 Å². The molecule has 0 spiro atoms. The quantitative estimate of drug-likeness (QED) is 0.872. The van der Waals surface area contributed by atoms with E-state index in [-0.39, 0.29) is 12.6 Å². The van der Waals surface area contributed by atoms with Gasteiger partial charge in [0.1, 0.15) is 23.4 Å². The van der Waals surface area contributed by atoms with Crippen LogP contribution in [0.25, 0.3) is 0 Å². The summed E-state index contributed by atoms with van der Waals surface area (Å²) in [6.45, 7) is 2.05. The molecule has 5 heteroatoms. The minimum atomic E-state index is -0.778. The fourth-order valence-corrected chi connectivity index (χ4v) is 1.98. The Morgan fingerprint density at radius 2 is 1.71 bits per heavy atom. The molecule has 0 aliphatic heterocycles. The van der Waals surface area contributed by atoms with Gasteiger partial charge in [0.15, 0.2) is 6.54 Å². The van der Waals surface area contributed by atoms with Gasteiger partial charge in [-0.1, -0.05) is 36.4 Å². The van der Waals surface area contributed by atoms with Crippen LogP contribution in [-0.4, -0.2) is 12.5 Å². The number of rotatable bonds is 5. The minimum Gasteiger partial charge on any atom is -0.333 e. The zero-order valence-electron chi connectivity index (χ0n) is 11.6. The number of benzene rings is 2. The molecule has 0 heterocycles. The van der Waals surface area contributed by atoms with Crippen LogP contribution in [0, 0.1) is 11.6 Å². The van der Waals surface area contributed by atoms with Crippen molar-refractivity contribution in [2.75, 3.05) is 11.9 Å². The summed E-state index contributed by atoms with van der Waals surface area (Å²) in [5.41, 5.74) is 0.686. The van der Waals surface area contributed by atoms with Gasteiger partial charge in [-0.05, 0) is 19.1 Å². The van der Waals surface area contributed by atoms with E-state index in [0.717, 1.165) is 17.7 Å². The summed E-state index contributed by atoms with van der Waals surface area (Å²) in [5, 5.41) is 4.07. The fourth-order valence-electron chi connectivity index (χ4n) is 1.98. The number of halogens is 2. The number of carbonyl (C=O) groups excluding carboxylic acids is 1. The van der Waals surface area contributed by atoms with Crippen molar-refractivity contribution in [1.82, 2.24) is 0 Å². The van der Waals surface area contributed by atoms with Gasteiger partial charge < -0.3 is 10.6 Å². The van der Waals surface area contributed by atoms with Crippen LogP contribution in [0.3, 0.4) is 0 Å². The van der Waals surface area contributed by atoms with Crippen LogP contribution in [0.4, 0.5) is 14.5 Å². The summed E-state index contributed by atoms with van der Waals surface area (Å²) >= 11 is 0. The Balaban J connectivity index is 1.91. The van der Waals surface area contributed by atoms with Crippen LogP contribution in [0.1, 0.15) is 18.5 Å². The van der Waals surface area contributed by atoms with Crippen LogP contribution < -0.4 is 10.6 Å². The Bertz CT molecular complexity index is 597. The van der Waals surface area contributed by atoms with E-state index >= 15 is 0 Å². The second kappa shape index (κ2) is 6.95. The van der Waals surface area contributed by atoms with Crippen molar-refractivity contribution < 1.29 is 18.9 Å². The molecule has 1 amide bonds. The third-order valence-electron chi connectivity index (χ3n) is 3.21. The molecule has 0 fully saturated rings. The number of anilines is 1. The van der Waals surface area contributed by atoms with Crippen LogP contribution in [0.2, 0.25) is 0 Å². The maximum absolute atomic E-state index is 13.4. The number of quaternary nitrogens is 1. The highest BCUT2D eigenvalue weighted by Gasteiger charge is 2.15. The topological polar surface area (TPSA) is 45.7 Å². The summed E-state index contributed by atoms with van der Waals surface area (Å²) in [4.78, 5) is 11.8. The first-order valence-corrected chi connectivity index (χ1v) is 6.70. The molecule has 0 bridgehead atoms. The summed E-state index contributed by atoms with van der Waals surface area (Å²) in [6.07, 6.45) is 0. The second-order valence-corrected chi connectivity index (χ2v) is 4.78. The maximum atomic E-state index is 13.4. The van der Waals surface area contributed by atoms with Crippen molar-refractivity contribution in [2.24, 2.45) is 0 Å². The van der Waals surface area contributed by atoms with Gasteiger partial charge >= 0.3 is 0 Å². The molecule has 0 unspecified atom stereocenters. The average Bonchev–Trinajstić information content (AvgIpc) is 2.49. The number of para-hydroxylation sites is 1. The Morgan fingerprint density at radius 1 is 1.10 bits per heavy atom. The molecule has 0 aliphatic carbocycles. The van der Waals surface area contributed by atoms with Crippen LogP contribution in [-0.2, 0) is 4.79 Å². The van der Waals surface area contributed by atoms with E-state index < -0.39 is 23.2 Å². The highest BCUT2D eigenvalue weighted by atomic mass is 19.1. The smallest absolute Gasteiger partial charge is 0.279 e. The van der Waals surface area contributed by atoms with Crippen molar-refractivity contribution in [3.8, 4) is 0 Å². The molecule has 0 radical (unpaired) electrons. The van der Waals surface area contributed by atoms with E-state index in [1.54, 1.807) is 0 Å². The summed E-state index contributed by atoms with van der Waals surface area (Å²) in [6, 6.07) is 13.3. The second-order valence-electron chi connectivity index (χ2n) is 4.78. The minimum absolute atomic E-state index is 0.0856. The number of nitrogens with one attached hydrogen (secondary N) is 1.